The predicted molar refractivity (Wildman–Crippen MR) is 96.7 cm³/mol. The van der Waals surface area contributed by atoms with Crippen molar-refractivity contribution in [3.63, 3.8) is 0 Å². The maximum absolute atomic E-state index is 13.0. The molecule has 2 aromatic rings. The van der Waals surface area contributed by atoms with Gasteiger partial charge in [0.15, 0.2) is 0 Å². The third-order valence-electron chi connectivity index (χ3n) is 5.36. The maximum atomic E-state index is 13.0. The van der Waals surface area contributed by atoms with Crippen molar-refractivity contribution in [3.05, 3.63) is 64.2 Å². The van der Waals surface area contributed by atoms with Gasteiger partial charge in [0.05, 0.1) is 12.2 Å². The van der Waals surface area contributed by atoms with Gasteiger partial charge in [-0.25, -0.2) is 4.79 Å². The third-order valence-corrected chi connectivity index (χ3v) is 5.36. The number of aryl methyl sites for hydroxylation is 1. The third kappa shape index (κ3) is 2.64. The van der Waals surface area contributed by atoms with Crippen LogP contribution in [0, 0.1) is 0 Å². The van der Waals surface area contributed by atoms with E-state index in [2.05, 4.69) is 11.4 Å². The molecule has 0 bridgehead atoms. The summed E-state index contributed by atoms with van der Waals surface area (Å²) < 4.78 is 5.66. The van der Waals surface area contributed by atoms with Crippen LogP contribution in [-0.2, 0) is 30.5 Å². The molecule has 1 aliphatic heterocycles. The summed E-state index contributed by atoms with van der Waals surface area (Å²) in [5, 5.41) is 12.7. The lowest BCUT2D eigenvalue weighted by Gasteiger charge is -2.26. The molecule has 134 valence electrons. The minimum atomic E-state index is -1.31. The highest BCUT2D eigenvalue weighted by Gasteiger charge is 2.45. The summed E-state index contributed by atoms with van der Waals surface area (Å²) in [7, 11) is 0. The van der Waals surface area contributed by atoms with Crippen molar-refractivity contribution in [2.24, 2.45) is 0 Å². The SMILES string of the molecule is CCc1cc2c(c(C(=O)NC3(C(=O)O)Cc4ccccc4C3)c1)OCC2. The highest BCUT2D eigenvalue weighted by molar-refractivity contribution is 6.01. The molecule has 0 saturated carbocycles. The first-order valence-electron chi connectivity index (χ1n) is 8.94. The predicted octanol–water partition coefficient (Wildman–Crippen LogP) is 2.54. The summed E-state index contributed by atoms with van der Waals surface area (Å²) in [5.41, 5.74) is 3.15. The lowest BCUT2D eigenvalue weighted by molar-refractivity contribution is -0.144. The zero-order chi connectivity index (χ0) is 18.3. The van der Waals surface area contributed by atoms with Crippen LogP contribution in [0.3, 0.4) is 0 Å². The van der Waals surface area contributed by atoms with E-state index >= 15 is 0 Å². The molecule has 0 radical (unpaired) electrons. The number of carbonyl (C=O) groups is 2. The highest BCUT2D eigenvalue weighted by Crippen LogP contribution is 2.34. The Hall–Kier alpha value is -2.82. The fourth-order valence-electron chi connectivity index (χ4n) is 3.94. The number of aliphatic carboxylic acids is 1. The summed E-state index contributed by atoms with van der Waals surface area (Å²) in [6.45, 7) is 2.59. The molecular formula is C21H21NO4. The molecule has 5 heteroatoms. The van der Waals surface area contributed by atoms with Gasteiger partial charge in [-0.3, -0.25) is 4.79 Å². The van der Waals surface area contributed by atoms with Gasteiger partial charge in [0.1, 0.15) is 11.3 Å². The zero-order valence-corrected chi connectivity index (χ0v) is 14.7. The molecule has 26 heavy (non-hydrogen) atoms. The second-order valence-electron chi connectivity index (χ2n) is 7.05. The fraction of sp³-hybridized carbons (Fsp3) is 0.333. The van der Waals surface area contributed by atoms with Crippen LogP contribution in [-0.4, -0.2) is 29.1 Å². The molecule has 1 heterocycles. The number of ether oxygens (including phenoxy) is 1. The molecule has 0 fully saturated rings. The second kappa shape index (κ2) is 6.16. The molecule has 0 unspecified atom stereocenters. The van der Waals surface area contributed by atoms with E-state index in [-0.39, 0.29) is 5.91 Å². The van der Waals surface area contributed by atoms with E-state index in [1.807, 2.05) is 37.3 Å². The molecule has 2 aliphatic rings. The Labute approximate surface area is 152 Å². The van der Waals surface area contributed by atoms with Gasteiger partial charge in [0, 0.05) is 19.3 Å². The Bertz CT molecular complexity index is 878. The lowest BCUT2D eigenvalue weighted by Crippen LogP contribution is -2.55. The number of carboxylic acid groups (broad SMARTS) is 1. The van der Waals surface area contributed by atoms with Gasteiger partial charge < -0.3 is 15.2 Å². The van der Waals surface area contributed by atoms with Gasteiger partial charge in [-0.2, -0.15) is 0 Å². The number of carbonyl (C=O) groups excluding carboxylic acids is 1. The topological polar surface area (TPSA) is 75.6 Å². The van der Waals surface area contributed by atoms with Crippen LogP contribution in [0.1, 0.15) is 39.5 Å². The van der Waals surface area contributed by atoms with E-state index < -0.39 is 11.5 Å². The van der Waals surface area contributed by atoms with E-state index in [0.717, 1.165) is 35.1 Å². The molecule has 0 aromatic heterocycles. The van der Waals surface area contributed by atoms with Crippen LogP contribution < -0.4 is 10.1 Å². The van der Waals surface area contributed by atoms with Gasteiger partial charge in [-0.05, 0) is 34.7 Å². The number of hydrogen-bond donors (Lipinski definition) is 2. The standard InChI is InChI=1S/C21H21NO4/c1-2-13-9-14-7-8-26-18(14)17(10-13)19(23)22-21(20(24)25)11-15-5-3-4-6-16(15)12-21/h3-6,9-10H,2,7-8,11-12H2,1H3,(H,22,23)(H,24,25). The quantitative estimate of drug-likeness (QED) is 0.888. The largest absolute Gasteiger partial charge is 0.492 e. The van der Waals surface area contributed by atoms with Crippen LogP contribution >= 0.6 is 0 Å². The second-order valence-corrected chi connectivity index (χ2v) is 7.05. The Kier molecular flexibility index (Phi) is 3.94. The molecule has 0 spiro atoms. The minimum absolute atomic E-state index is 0.292. The van der Waals surface area contributed by atoms with Gasteiger partial charge in [-0.1, -0.05) is 37.3 Å². The van der Waals surface area contributed by atoms with Crippen LogP contribution in [0.4, 0.5) is 0 Å². The number of amides is 1. The highest BCUT2D eigenvalue weighted by atomic mass is 16.5. The minimum Gasteiger partial charge on any atom is -0.492 e. The van der Waals surface area contributed by atoms with Crippen molar-refractivity contribution in [2.75, 3.05) is 6.61 Å². The van der Waals surface area contributed by atoms with Gasteiger partial charge in [0.25, 0.3) is 5.91 Å². The van der Waals surface area contributed by atoms with Crippen LogP contribution in [0.5, 0.6) is 5.75 Å². The van der Waals surface area contributed by atoms with E-state index in [1.54, 1.807) is 0 Å². The Morgan fingerprint density at radius 3 is 2.46 bits per heavy atom. The summed E-state index contributed by atoms with van der Waals surface area (Å²) in [6, 6.07) is 11.5. The Morgan fingerprint density at radius 1 is 1.15 bits per heavy atom. The van der Waals surface area contributed by atoms with Gasteiger partial charge >= 0.3 is 5.97 Å². The monoisotopic (exact) mass is 351 g/mol. The first-order chi connectivity index (χ1) is 12.5. The normalized spacial score (nSPS) is 16.5. The lowest BCUT2D eigenvalue weighted by atomic mass is 9.94. The summed E-state index contributed by atoms with van der Waals surface area (Å²) in [4.78, 5) is 25.1. The number of hydrogen-bond acceptors (Lipinski definition) is 3. The molecule has 5 nitrogen and oxygen atoms in total. The average molecular weight is 351 g/mol. The molecule has 2 N–H and O–H groups in total. The zero-order valence-electron chi connectivity index (χ0n) is 14.7. The Balaban J connectivity index is 1.68. The van der Waals surface area contributed by atoms with Gasteiger partial charge in [-0.15, -0.1) is 0 Å². The van der Waals surface area contributed by atoms with Crippen LogP contribution in [0.25, 0.3) is 0 Å². The Morgan fingerprint density at radius 2 is 1.85 bits per heavy atom. The summed E-state index contributed by atoms with van der Waals surface area (Å²) in [6.07, 6.45) is 2.17. The molecule has 4 rings (SSSR count). The van der Waals surface area contributed by atoms with Crippen LogP contribution in [0.2, 0.25) is 0 Å². The smallest absolute Gasteiger partial charge is 0.330 e. The molecule has 0 saturated heterocycles. The van der Waals surface area contributed by atoms with Crippen LogP contribution in [0.15, 0.2) is 36.4 Å². The summed E-state index contributed by atoms with van der Waals surface area (Å²) in [5.74, 6) is -0.796. The first kappa shape index (κ1) is 16.6. The van der Waals surface area contributed by atoms with E-state index in [1.165, 1.54) is 0 Å². The van der Waals surface area contributed by atoms with Crippen molar-refractivity contribution in [1.29, 1.82) is 0 Å². The van der Waals surface area contributed by atoms with Crippen molar-refractivity contribution in [2.45, 2.75) is 38.1 Å². The molecule has 1 aliphatic carbocycles. The molecule has 1 amide bonds. The van der Waals surface area contributed by atoms with E-state index in [9.17, 15) is 14.7 Å². The number of rotatable bonds is 4. The fourth-order valence-corrected chi connectivity index (χ4v) is 3.94. The number of carboxylic acids is 1. The van der Waals surface area contributed by atoms with E-state index in [0.29, 0.717) is 30.8 Å². The molecule has 0 atom stereocenters. The van der Waals surface area contributed by atoms with E-state index in [4.69, 9.17) is 4.74 Å². The van der Waals surface area contributed by atoms with Crippen molar-refractivity contribution >= 4 is 11.9 Å². The van der Waals surface area contributed by atoms with Crippen molar-refractivity contribution < 1.29 is 19.4 Å². The number of fused-ring (bicyclic) bond motifs is 2. The maximum Gasteiger partial charge on any atom is 0.330 e. The van der Waals surface area contributed by atoms with Gasteiger partial charge in [0.2, 0.25) is 0 Å². The van der Waals surface area contributed by atoms with Crippen molar-refractivity contribution in [1.82, 2.24) is 5.32 Å². The number of benzene rings is 2. The van der Waals surface area contributed by atoms with Crippen molar-refractivity contribution in [3.8, 4) is 5.75 Å². The molecule has 2 aromatic carbocycles. The first-order valence-corrected chi connectivity index (χ1v) is 8.94. The number of nitrogens with one attached hydrogen (secondary N) is 1. The molecular weight excluding hydrogens is 330 g/mol. The summed E-state index contributed by atoms with van der Waals surface area (Å²) >= 11 is 0. The average Bonchev–Trinajstić information content (AvgIpc) is 3.24.